The summed E-state index contributed by atoms with van der Waals surface area (Å²) in [6.45, 7) is 2.48. The van der Waals surface area contributed by atoms with Gasteiger partial charge < -0.3 is 14.6 Å². The summed E-state index contributed by atoms with van der Waals surface area (Å²) in [6.07, 6.45) is 3.39. The smallest absolute Gasteiger partial charge is 0.338 e. The Bertz CT molecular complexity index is 1090. The molecule has 3 aromatic rings. The molecule has 0 aliphatic heterocycles. The lowest BCUT2D eigenvalue weighted by Crippen LogP contribution is -2.20. The standard InChI is InChI=1S/C22H21BrN2O4/c1-2-3-12-29-22(28)15-4-7-17(8-5-15)24-21(27)14-25-11-10-20(26)18-9-6-16(23)13-19(18)25/h4-11,13H,2-3,12,14H2,1H3,(H,24,27). The quantitative estimate of drug-likeness (QED) is 0.423. The number of carbonyl (C=O) groups excluding carboxylic acids is 2. The number of fused-ring (bicyclic) bond motifs is 1. The number of hydrogen-bond donors (Lipinski definition) is 1. The summed E-state index contributed by atoms with van der Waals surface area (Å²) in [4.78, 5) is 36.4. The Hall–Kier alpha value is -2.93. The van der Waals surface area contributed by atoms with Crippen molar-refractivity contribution in [2.45, 2.75) is 26.3 Å². The molecule has 6 nitrogen and oxygen atoms in total. The molecule has 2 aromatic carbocycles. The lowest BCUT2D eigenvalue weighted by atomic mass is 10.2. The van der Waals surface area contributed by atoms with E-state index in [4.69, 9.17) is 4.74 Å². The highest BCUT2D eigenvalue weighted by Gasteiger charge is 2.10. The average Bonchev–Trinajstić information content (AvgIpc) is 2.71. The Morgan fingerprint density at radius 1 is 1.10 bits per heavy atom. The van der Waals surface area contributed by atoms with E-state index in [-0.39, 0.29) is 23.9 Å². The largest absolute Gasteiger partial charge is 0.462 e. The van der Waals surface area contributed by atoms with Crippen molar-refractivity contribution < 1.29 is 14.3 Å². The summed E-state index contributed by atoms with van der Waals surface area (Å²) in [6, 6.07) is 13.3. The van der Waals surface area contributed by atoms with Crippen molar-refractivity contribution in [3.63, 3.8) is 0 Å². The van der Waals surface area contributed by atoms with E-state index in [2.05, 4.69) is 21.2 Å². The second-order valence-electron chi connectivity index (χ2n) is 6.58. The zero-order chi connectivity index (χ0) is 20.8. The van der Waals surface area contributed by atoms with Crippen LogP contribution in [0.5, 0.6) is 0 Å². The van der Waals surface area contributed by atoms with Crippen LogP contribution >= 0.6 is 15.9 Å². The predicted octanol–water partition coefficient (Wildman–Crippen LogP) is 4.36. The first-order valence-corrected chi connectivity index (χ1v) is 10.1. The van der Waals surface area contributed by atoms with Crippen LogP contribution in [0.3, 0.4) is 0 Å². The van der Waals surface area contributed by atoms with Crippen LogP contribution in [0, 0.1) is 0 Å². The third-order valence-corrected chi connectivity index (χ3v) is 4.88. The lowest BCUT2D eigenvalue weighted by Gasteiger charge is -2.12. The van der Waals surface area contributed by atoms with Gasteiger partial charge in [0.2, 0.25) is 5.91 Å². The van der Waals surface area contributed by atoms with Crippen LogP contribution in [0.4, 0.5) is 5.69 Å². The summed E-state index contributed by atoms with van der Waals surface area (Å²) < 4.78 is 7.71. The molecule has 1 amide bonds. The van der Waals surface area contributed by atoms with Gasteiger partial charge in [-0.3, -0.25) is 9.59 Å². The summed E-state index contributed by atoms with van der Waals surface area (Å²) in [5.41, 5.74) is 1.60. The third kappa shape index (κ3) is 5.32. The molecule has 0 aliphatic rings. The maximum Gasteiger partial charge on any atom is 0.338 e. The first-order valence-electron chi connectivity index (χ1n) is 9.33. The molecule has 0 fully saturated rings. The number of rotatable bonds is 7. The number of nitrogens with one attached hydrogen (secondary N) is 1. The Morgan fingerprint density at radius 2 is 1.86 bits per heavy atom. The molecular formula is C22H21BrN2O4. The minimum absolute atomic E-state index is 0.0496. The van der Waals surface area contributed by atoms with Gasteiger partial charge in [-0.15, -0.1) is 0 Å². The predicted molar refractivity (Wildman–Crippen MR) is 116 cm³/mol. The number of halogens is 1. The molecule has 3 rings (SSSR count). The molecule has 1 N–H and O–H groups in total. The molecule has 7 heteroatoms. The zero-order valence-electron chi connectivity index (χ0n) is 16.0. The number of nitrogens with zero attached hydrogens (tertiary/aromatic N) is 1. The van der Waals surface area contributed by atoms with Crippen LogP contribution in [-0.4, -0.2) is 23.1 Å². The molecule has 1 heterocycles. The summed E-state index contributed by atoms with van der Waals surface area (Å²) in [5, 5.41) is 3.35. The van der Waals surface area contributed by atoms with Crippen molar-refractivity contribution >= 4 is 44.4 Å². The van der Waals surface area contributed by atoms with Gasteiger partial charge in [0.15, 0.2) is 5.43 Å². The molecule has 0 aliphatic carbocycles. The van der Waals surface area contributed by atoms with E-state index in [9.17, 15) is 14.4 Å². The molecule has 0 spiro atoms. The monoisotopic (exact) mass is 456 g/mol. The second kappa shape index (κ2) is 9.52. The third-order valence-electron chi connectivity index (χ3n) is 4.39. The topological polar surface area (TPSA) is 77.4 Å². The van der Waals surface area contributed by atoms with Crippen molar-refractivity contribution in [2.24, 2.45) is 0 Å². The molecular weight excluding hydrogens is 436 g/mol. The van der Waals surface area contributed by atoms with Crippen LogP contribution in [0.15, 0.2) is 64.0 Å². The van der Waals surface area contributed by atoms with Crippen LogP contribution < -0.4 is 10.7 Å². The number of hydrogen-bond acceptors (Lipinski definition) is 4. The fourth-order valence-electron chi connectivity index (χ4n) is 2.85. The van der Waals surface area contributed by atoms with Crippen molar-refractivity contribution in [3.8, 4) is 0 Å². The Labute approximate surface area is 176 Å². The van der Waals surface area contributed by atoms with Crippen LogP contribution in [0.25, 0.3) is 10.9 Å². The number of unbranched alkanes of at least 4 members (excludes halogenated alkanes) is 1. The van der Waals surface area contributed by atoms with E-state index in [1.54, 1.807) is 47.2 Å². The lowest BCUT2D eigenvalue weighted by molar-refractivity contribution is -0.116. The van der Waals surface area contributed by atoms with E-state index in [1.165, 1.54) is 6.07 Å². The van der Waals surface area contributed by atoms with E-state index in [0.29, 0.717) is 28.8 Å². The van der Waals surface area contributed by atoms with Crippen LogP contribution in [0.1, 0.15) is 30.1 Å². The minimum atomic E-state index is -0.373. The van der Waals surface area contributed by atoms with Gasteiger partial charge in [0.05, 0.1) is 17.7 Å². The minimum Gasteiger partial charge on any atom is -0.462 e. The number of esters is 1. The molecule has 1 aromatic heterocycles. The first kappa shape index (κ1) is 20.8. The van der Waals surface area contributed by atoms with E-state index in [1.807, 2.05) is 13.0 Å². The number of carbonyl (C=O) groups is 2. The fraction of sp³-hybridized carbons (Fsp3) is 0.227. The summed E-state index contributed by atoms with van der Waals surface area (Å²) >= 11 is 3.40. The highest BCUT2D eigenvalue weighted by molar-refractivity contribution is 9.10. The van der Waals surface area contributed by atoms with Gasteiger partial charge in [0.1, 0.15) is 6.54 Å². The molecule has 0 unspecified atom stereocenters. The maximum absolute atomic E-state index is 12.5. The Morgan fingerprint density at radius 3 is 2.59 bits per heavy atom. The van der Waals surface area contributed by atoms with Crippen molar-refractivity contribution in [1.82, 2.24) is 4.57 Å². The Kier molecular flexibility index (Phi) is 6.82. The molecule has 0 bridgehead atoms. The average molecular weight is 457 g/mol. The van der Waals surface area contributed by atoms with E-state index >= 15 is 0 Å². The molecule has 0 saturated carbocycles. The highest BCUT2D eigenvalue weighted by atomic mass is 79.9. The van der Waals surface area contributed by atoms with Crippen LogP contribution in [-0.2, 0) is 16.1 Å². The van der Waals surface area contributed by atoms with Crippen LogP contribution in [0.2, 0.25) is 0 Å². The summed E-state index contributed by atoms with van der Waals surface area (Å²) in [7, 11) is 0. The van der Waals surface area contributed by atoms with E-state index in [0.717, 1.165) is 17.3 Å². The number of aromatic nitrogens is 1. The molecule has 150 valence electrons. The Balaban J connectivity index is 1.68. The van der Waals surface area contributed by atoms with Gasteiger partial charge in [-0.05, 0) is 48.9 Å². The molecule has 0 saturated heterocycles. The van der Waals surface area contributed by atoms with Gasteiger partial charge in [-0.1, -0.05) is 29.3 Å². The van der Waals surface area contributed by atoms with Gasteiger partial charge in [0.25, 0.3) is 0 Å². The van der Waals surface area contributed by atoms with Crippen molar-refractivity contribution in [2.75, 3.05) is 11.9 Å². The molecule has 0 radical (unpaired) electrons. The zero-order valence-corrected chi connectivity index (χ0v) is 17.6. The van der Waals surface area contributed by atoms with Gasteiger partial charge >= 0.3 is 5.97 Å². The summed E-state index contributed by atoms with van der Waals surface area (Å²) in [5.74, 6) is -0.616. The fourth-order valence-corrected chi connectivity index (χ4v) is 3.20. The van der Waals surface area contributed by atoms with Gasteiger partial charge in [0, 0.05) is 27.8 Å². The number of pyridine rings is 1. The SMILES string of the molecule is CCCCOC(=O)c1ccc(NC(=O)Cn2ccc(=O)c3ccc(Br)cc32)cc1. The number of amides is 1. The molecule has 0 atom stereocenters. The first-order chi connectivity index (χ1) is 14.0. The van der Waals surface area contributed by atoms with Gasteiger partial charge in [-0.2, -0.15) is 0 Å². The van der Waals surface area contributed by atoms with Crippen molar-refractivity contribution in [3.05, 3.63) is 75.0 Å². The highest BCUT2D eigenvalue weighted by Crippen LogP contribution is 2.18. The number of ether oxygens (including phenoxy) is 1. The van der Waals surface area contributed by atoms with Gasteiger partial charge in [-0.25, -0.2) is 4.79 Å². The molecule has 29 heavy (non-hydrogen) atoms. The van der Waals surface area contributed by atoms with E-state index < -0.39 is 0 Å². The number of benzene rings is 2. The second-order valence-corrected chi connectivity index (χ2v) is 7.50. The number of anilines is 1. The van der Waals surface area contributed by atoms with Crippen molar-refractivity contribution in [1.29, 1.82) is 0 Å². The normalized spacial score (nSPS) is 10.7. The maximum atomic E-state index is 12.5.